The maximum Gasteiger partial charge on any atom is 0.410 e. The molecule has 6 heteroatoms. The number of ether oxygens (including phenoxy) is 2. The summed E-state index contributed by atoms with van der Waals surface area (Å²) in [5.74, 6) is 0.495. The van der Waals surface area contributed by atoms with Crippen molar-refractivity contribution in [2.75, 3.05) is 13.6 Å². The fraction of sp³-hybridized carbons (Fsp3) is 0.440. The highest BCUT2D eigenvalue weighted by Gasteiger charge is 2.22. The van der Waals surface area contributed by atoms with E-state index in [0.717, 1.165) is 5.56 Å². The van der Waals surface area contributed by atoms with E-state index in [2.05, 4.69) is 13.8 Å². The van der Waals surface area contributed by atoms with Crippen molar-refractivity contribution in [1.82, 2.24) is 4.90 Å². The SMILES string of the molecule is CC(C)c1ccc(CC(=O)Oc2ccc(C(O)CN(C)C(=O)OC(C)(C)C)cc2)cc1. The predicted molar refractivity (Wildman–Crippen MR) is 120 cm³/mol. The number of aliphatic hydroxyl groups is 1. The molecule has 6 nitrogen and oxygen atoms in total. The molecule has 31 heavy (non-hydrogen) atoms. The Balaban J connectivity index is 1.89. The molecule has 0 saturated carbocycles. The molecule has 0 saturated heterocycles. The molecule has 1 atom stereocenters. The summed E-state index contributed by atoms with van der Waals surface area (Å²) < 4.78 is 10.7. The Bertz CT molecular complexity index is 866. The summed E-state index contributed by atoms with van der Waals surface area (Å²) in [6, 6.07) is 14.5. The summed E-state index contributed by atoms with van der Waals surface area (Å²) in [4.78, 5) is 25.6. The van der Waals surface area contributed by atoms with Gasteiger partial charge in [-0.2, -0.15) is 0 Å². The van der Waals surface area contributed by atoms with Gasteiger partial charge in [-0.15, -0.1) is 0 Å². The Hall–Kier alpha value is -2.86. The highest BCUT2D eigenvalue weighted by Crippen LogP contribution is 2.20. The van der Waals surface area contributed by atoms with E-state index in [9.17, 15) is 14.7 Å². The van der Waals surface area contributed by atoms with Gasteiger partial charge < -0.3 is 19.5 Å². The second kappa shape index (κ2) is 10.4. The van der Waals surface area contributed by atoms with E-state index in [-0.39, 0.29) is 18.9 Å². The van der Waals surface area contributed by atoms with Gasteiger partial charge >= 0.3 is 12.1 Å². The number of amides is 1. The molecule has 0 spiro atoms. The van der Waals surface area contributed by atoms with E-state index < -0.39 is 17.8 Å². The summed E-state index contributed by atoms with van der Waals surface area (Å²) in [6.07, 6.45) is -1.20. The molecule has 2 rings (SSSR count). The third-order valence-electron chi connectivity index (χ3n) is 4.64. The number of benzene rings is 2. The first-order valence-electron chi connectivity index (χ1n) is 10.5. The Labute approximate surface area is 184 Å². The van der Waals surface area contributed by atoms with Crippen LogP contribution in [-0.2, 0) is 16.0 Å². The Morgan fingerprint density at radius 3 is 2.03 bits per heavy atom. The smallest absolute Gasteiger partial charge is 0.410 e. The number of carbonyl (C=O) groups is 2. The number of aliphatic hydroxyl groups excluding tert-OH is 1. The van der Waals surface area contributed by atoms with Gasteiger partial charge in [0.2, 0.25) is 0 Å². The summed E-state index contributed by atoms with van der Waals surface area (Å²) in [7, 11) is 1.57. The fourth-order valence-corrected chi connectivity index (χ4v) is 2.89. The molecule has 1 N–H and O–H groups in total. The maximum atomic E-state index is 12.2. The lowest BCUT2D eigenvalue weighted by Crippen LogP contribution is -2.36. The summed E-state index contributed by atoms with van der Waals surface area (Å²) in [5, 5.41) is 10.4. The van der Waals surface area contributed by atoms with Crippen molar-refractivity contribution in [1.29, 1.82) is 0 Å². The van der Waals surface area contributed by atoms with Gasteiger partial charge in [-0.3, -0.25) is 4.79 Å². The minimum absolute atomic E-state index is 0.0838. The highest BCUT2D eigenvalue weighted by atomic mass is 16.6. The molecule has 1 unspecified atom stereocenters. The van der Waals surface area contributed by atoms with Gasteiger partial charge in [0.1, 0.15) is 11.4 Å². The Kier molecular flexibility index (Phi) is 8.22. The second-order valence-corrected chi connectivity index (χ2v) is 8.99. The van der Waals surface area contributed by atoms with Crippen molar-refractivity contribution < 1.29 is 24.2 Å². The number of carbonyl (C=O) groups excluding carboxylic acids is 2. The largest absolute Gasteiger partial charge is 0.444 e. The van der Waals surface area contributed by atoms with Gasteiger partial charge in [0, 0.05) is 7.05 Å². The summed E-state index contributed by atoms with van der Waals surface area (Å²) in [5.41, 5.74) is 2.13. The first-order chi connectivity index (χ1) is 14.4. The summed E-state index contributed by atoms with van der Waals surface area (Å²) >= 11 is 0. The van der Waals surface area contributed by atoms with E-state index in [1.165, 1.54) is 10.5 Å². The number of rotatable bonds is 7. The zero-order chi connectivity index (χ0) is 23.2. The van der Waals surface area contributed by atoms with Crippen LogP contribution in [0.2, 0.25) is 0 Å². The predicted octanol–water partition coefficient (Wildman–Crippen LogP) is 4.86. The van der Waals surface area contributed by atoms with Gasteiger partial charge in [-0.25, -0.2) is 4.79 Å². The van der Waals surface area contributed by atoms with Crippen LogP contribution in [0.25, 0.3) is 0 Å². The molecule has 0 fully saturated rings. The van der Waals surface area contributed by atoms with Crippen molar-refractivity contribution in [3.8, 4) is 5.75 Å². The third kappa shape index (κ3) is 8.06. The molecule has 0 heterocycles. The lowest BCUT2D eigenvalue weighted by molar-refractivity contribution is -0.133. The average Bonchev–Trinajstić information content (AvgIpc) is 2.67. The maximum absolute atomic E-state index is 12.2. The van der Waals surface area contributed by atoms with Gasteiger partial charge in [-0.1, -0.05) is 50.2 Å². The van der Waals surface area contributed by atoms with Crippen molar-refractivity contribution >= 4 is 12.1 Å². The molecular formula is C25H33NO5. The second-order valence-electron chi connectivity index (χ2n) is 8.99. The van der Waals surface area contributed by atoms with Gasteiger partial charge in [0.15, 0.2) is 0 Å². The van der Waals surface area contributed by atoms with Crippen molar-refractivity contribution in [2.45, 2.75) is 58.7 Å². The topological polar surface area (TPSA) is 76.1 Å². The van der Waals surface area contributed by atoms with E-state index in [1.807, 2.05) is 24.3 Å². The number of likely N-dealkylation sites (N-methyl/N-ethyl adjacent to an activating group) is 1. The van der Waals surface area contributed by atoms with Crippen molar-refractivity contribution in [2.24, 2.45) is 0 Å². The molecule has 2 aromatic carbocycles. The minimum atomic E-state index is -0.887. The lowest BCUT2D eigenvalue weighted by atomic mass is 10.0. The van der Waals surface area contributed by atoms with Crippen molar-refractivity contribution in [3.63, 3.8) is 0 Å². The first kappa shape index (κ1) is 24.4. The molecular weight excluding hydrogens is 394 g/mol. The molecule has 0 aromatic heterocycles. The number of hydrogen-bond acceptors (Lipinski definition) is 5. The first-order valence-corrected chi connectivity index (χ1v) is 10.5. The average molecular weight is 428 g/mol. The van der Waals surface area contributed by atoms with Gasteiger partial charge in [0.25, 0.3) is 0 Å². The monoisotopic (exact) mass is 427 g/mol. The quantitative estimate of drug-likeness (QED) is 0.504. The van der Waals surface area contributed by atoms with Crippen LogP contribution in [0, 0.1) is 0 Å². The normalized spacial score (nSPS) is 12.4. The molecule has 0 aliphatic rings. The molecule has 2 aromatic rings. The van der Waals surface area contributed by atoms with Crippen LogP contribution in [0.5, 0.6) is 5.75 Å². The van der Waals surface area contributed by atoms with Gasteiger partial charge in [-0.05, 0) is 55.5 Å². The van der Waals surface area contributed by atoms with Crippen LogP contribution in [0.15, 0.2) is 48.5 Å². The summed E-state index contributed by atoms with van der Waals surface area (Å²) in [6.45, 7) is 9.70. The number of hydrogen-bond donors (Lipinski definition) is 1. The van der Waals surface area contributed by atoms with E-state index in [4.69, 9.17) is 9.47 Å². The van der Waals surface area contributed by atoms with E-state index in [0.29, 0.717) is 17.2 Å². The highest BCUT2D eigenvalue weighted by molar-refractivity contribution is 5.75. The van der Waals surface area contributed by atoms with Crippen LogP contribution in [0.1, 0.15) is 63.3 Å². The molecule has 0 radical (unpaired) electrons. The molecule has 0 bridgehead atoms. The standard InChI is InChI=1S/C25H33NO5/c1-17(2)19-9-7-18(8-10-19)15-23(28)30-21-13-11-20(12-14-21)22(27)16-26(6)24(29)31-25(3,4)5/h7-14,17,22,27H,15-16H2,1-6H3. The zero-order valence-electron chi connectivity index (χ0n) is 19.2. The molecule has 0 aliphatic carbocycles. The molecule has 0 aliphatic heterocycles. The van der Waals surface area contributed by atoms with Crippen LogP contribution >= 0.6 is 0 Å². The fourth-order valence-electron chi connectivity index (χ4n) is 2.89. The zero-order valence-corrected chi connectivity index (χ0v) is 19.2. The minimum Gasteiger partial charge on any atom is -0.444 e. The lowest BCUT2D eigenvalue weighted by Gasteiger charge is -2.26. The van der Waals surface area contributed by atoms with Crippen LogP contribution in [-0.4, -0.2) is 41.3 Å². The molecule has 168 valence electrons. The number of esters is 1. The number of nitrogens with zero attached hydrogens (tertiary/aromatic N) is 1. The van der Waals surface area contributed by atoms with Crippen LogP contribution in [0.4, 0.5) is 4.79 Å². The Morgan fingerprint density at radius 1 is 0.968 bits per heavy atom. The van der Waals surface area contributed by atoms with E-state index >= 15 is 0 Å². The van der Waals surface area contributed by atoms with E-state index in [1.54, 1.807) is 52.1 Å². The molecule has 1 amide bonds. The Morgan fingerprint density at radius 2 is 1.52 bits per heavy atom. The third-order valence-corrected chi connectivity index (χ3v) is 4.64. The van der Waals surface area contributed by atoms with Gasteiger partial charge in [0.05, 0.1) is 19.1 Å². The van der Waals surface area contributed by atoms with Crippen molar-refractivity contribution in [3.05, 3.63) is 65.2 Å². The van der Waals surface area contributed by atoms with Crippen LogP contribution in [0.3, 0.4) is 0 Å². The van der Waals surface area contributed by atoms with Crippen LogP contribution < -0.4 is 4.74 Å².